The fraction of sp³-hybridized carbons (Fsp3) is 0.118. The number of rotatable bonds is 5. The molecule has 0 aliphatic rings. The van der Waals surface area contributed by atoms with Gasteiger partial charge in [-0.05, 0) is 17.7 Å². The molecule has 24 heavy (non-hydrogen) atoms. The maximum atomic E-state index is 11.8. The highest BCUT2D eigenvalue weighted by Crippen LogP contribution is 2.24. The van der Waals surface area contributed by atoms with E-state index in [0.717, 1.165) is 12.5 Å². The molecule has 0 heterocycles. The van der Waals surface area contributed by atoms with E-state index >= 15 is 0 Å². The molecule has 7 heteroatoms. The van der Waals surface area contributed by atoms with Crippen LogP contribution in [0.2, 0.25) is 0 Å². The maximum Gasteiger partial charge on any atom is 0.411 e. The van der Waals surface area contributed by atoms with E-state index in [9.17, 15) is 14.4 Å². The second-order valence-corrected chi connectivity index (χ2v) is 4.80. The molecular weight excluding hydrogens is 314 g/mol. The van der Waals surface area contributed by atoms with Crippen LogP contribution in [-0.4, -0.2) is 23.1 Å². The van der Waals surface area contributed by atoms with Crippen molar-refractivity contribution in [2.75, 3.05) is 5.32 Å². The highest BCUT2D eigenvalue weighted by molar-refractivity contribution is 5.94. The first kappa shape index (κ1) is 17.0. The van der Waals surface area contributed by atoms with Gasteiger partial charge in [0, 0.05) is 18.7 Å². The third-order valence-electron chi connectivity index (χ3n) is 2.92. The number of aromatic carboxylic acids is 1. The van der Waals surface area contributed by atoms with Crippen molar-refractivity contribution in [2.24, 2.45) is 0 Å². The summed E-state index contributed by atoms with van der Waals surface area (Å²) in [4.78, 5) is 33.9. The molecule has 2 rings (SSSR count). The number of carbonyl (C=O) groups is 3. The van der Waals surface area contributed by atoms with Gasteiger partial charge in [0.15, 0.2) is 0 Å². The minimum absolute atomic E-state index is 0.0939. The van der Waals surface area contributed by atoms with Gasteiger partial charge in [-0.15, -0.1) is 0 Å². The number of nitrogens with one attached hydrogen (secondary N) is 1. The lowest BCUT2D eigenvalue weighted by Crippen LogP contribution is -2.14. The molecule has 0 bridgehead atoms. The van der Waals surface area contributed by atoms with Crippen LogP contribution in [0.1, 0.15) is 22.8 Å². The number of hydrogen-bond donors (Lipinski definition) is 2. The van der Waals surface area contributed by atoms with Crippen LogP contribution in [0.3, 0.4) is 0 Å². The Morgan fingerprint density at radius 3 is 2.42 bits per heavy atom. The third kappa shape index (κ3) is 4.84. The number of amides is 1. The van der Waals surface area contributed by atoms with E-state index in [0.29, 0.717) is 0 Å². The Hall–Kier alpha value is -3.35. The monoisotopic (exact) mass is 329 g/mol. The molecule has 2 N–H and O–H groups in total. The first-order valence-corrected chi connectivity index (χ1v) is 6.99. The van der Waals surface area contributed by atoms with Crippen LogP contribution in [0.4, 0.5) is 10.5 Å². The van der Waals surface area contributed by atoms with Gasteiger partial charge in [-0.1, -0.05) is 30.3 Å². The van der Waals surface area contributed by atoms with Crippen molar-refractivity contribution in [3.05, 3.63) is 59.7 Å². The molecule has 0 aliphatic carbocycles. The third-order valence-corrected chi connectivity index (χ3v) is 2.92. The molecule has 2 aromatic carbocycles. The highest BCUT2D eigenvalue weighted by atomic mass is 16.5. The van der Waals surface area contributed by atoms with Gasteiger partial charge in [0.1, 0.15) is 17.9 Å². The number of benzene rings is 2. The molecule has 0 saturated heterocycles. The Bertz CT molecular complexity index is 757. The quantitative estimate of drug-likeness (QED) is 0.645. The van der Waals surface area contributed by atoms with E-state index in [4.69, 9.17) is 14.6 Å². The summed E-state index contributed by atoms with van der Waals surface area (Å²) in [6.07, 6.45) is -0.712. The van der Waals surface area contributed by atoms with Crippen molar-refractivity contribution in [1.82, 2.24) is 0 Å². The summed E-state index contributed by atoms with van der Waals surface area (Å²) in [5.41, 5.74) is 0.886. The zero-order valence-corrected chi connectivity index (χ0v) is 12.8. The van der Waals surface area contributed by atoms with Crippen LogP contribution in [-0.2, 0) is 16.1 Å². The first-order chi connectivity index (χ1) is 11.5. The lowest BCUT2D eigenvalue weighted by molar-refractivity contribution is -0.131. The van der Waals surface area contributed by atoms with E-state index in [1.807, 2.05) is 30.3 Å². The minimum Gasteiger partial charge on any atom is -0.478 e. The molecule has 124 valence electrons. The molecule has 0 spiro atoms. The molecule has 0 atom stereocenters. The van der Waals surface area contributed by atoms with Gasteiger partial charge in [-0.25, -0.2) is 9.59 Å². The van der Waals surface area contributed by atoms with Gasteiger partial charge >= 0.3 is 18.0 Å². The molecule has 0 unspecified atom stereocenters. The average molecular weight is 329 g/mol. The summed E-state index contributed by atoms with van der Waals surface area (Å²) in [5, 5.41) is 11.5. The summed E-state index contributed by atoms with van der Waals surface area (Å²) in [6, 6.07) is 13.0. The van der Waals surface area contributed by atoms with Gasteiger partial charge < -0.3 is 14.6 Å². The Balaban J connectivity index is 2.04. The van der Waals surface area contributed by atoms with E-state index < -0.39 is 18.0 Å². The number of ether oxygens (including phenoxy) is 2. The summed E-state index contributed by atoms with van der Waals surface area (Å²) in [5.74, 6) is -2.07. The Morgan fingerprint density at radius 1 is 1.08 bits per heavy atom. The minimum atomic E-state index is -1.25. The fourth-order valence-electron chi connectivity index (χ4n) is 1.89. The van der Waals surface area contributed by atoms with Gasteiger partial charge in [0.05, 0.1) is 0 Å². The standard InChI is InChI=1S/C17H15NO6/c1-11(19)24-15-9-13(7-8-14(15)16(20)21)18-17(22)23-10-12-5-3-2-4-6-12/h2-9H,10H2,1H3,(H,18,22)(H,20,21). The van der Waals surface area contributed by atoms with E-state index in [-0.39, 0.29) is 23.6 Å². The topological polar surface area (TPSA) is 102 Å². The van der Waals surface area contributed by atoms with Crippen molar-refractivity contribution in [2.45, 2.75) is 13.5 Å². The predicted molar refractivity (Wildman–Crippen MR) is 85.0 cm³/mol. The van der Waals surface area contributed by atoms with Crippen molar-refractivity contribution in [1.29, 1.82) is 0 Å². The molecule has 0 aliphatic heterocycles. The van der Waals surface area contributed by atoms with Crippen molar-refractivity contribution in [3.8, 4) is 5.75 Å². The summed E-state index contributed by atoms with van der Waals surface area (Å²) >= 11 is 0. The van der Waals surface area contributed by atoms with Crippen LogP contribution < -0.4 is 10.1 Å². The van der Waals surface area contributed by atoms with Crippen LogP contribution in [0, 0.1) is 0 Å². The van der Waals surface area contributed by atoms with Crippen LogP contribution in [0.5, 0.6) is 5.75 Å². The fourth-order valence-corrected chi connectivity index (χ4v) is 1.89. The number of esters is 1. The normalized spacial score (nSPS) is 9.88. The van der Waals surface area contributed by atoms with E-state index in [1.54, 1.807) is 0 Å². The van der Waals surface area contributed by atoms with Gasteiger partial charge in [0.2, 0.25) is 0 Å². The molecule has 0 radical (unpaired) electrons. The number of carboxylic acids is 1. The molecule has 7 nitrogen and oxygen atoms in total. The molecule has 2 aromatic rings. The van der Waals surface area contributed by atoms with Crippen molar-refractivity contribution >= 4 is 23.7 Å². The highest BCUT2D eigenvalue weighted by Gasteiger charge is 2.15. The number of hydrogen-bond acceptors (Lipinski definition) is 5. The Morgan fingerprint density at radius 2 is 1.79 bits per heavy atom. The predicted octanol–water partition coefficient (Wildman–Crippen LogP) is 3.06. The van der Waals surface area contributed by atoms with Gasteiger partial charge in [-0.3, -0.25) is 10.1 Å². The van der Waals surface area contributed by atoms with Crippen molar-refractivity contribution < 1.29 is 29.0 Å². The Labute approximate surface area is 137 Å². The molecular formula is C17H15NO6. The second-order valence-electron chi connectivity index (χ2n) is 4.80. The van der Waals surface area contributed by atoms with Crippen molar-refractivity contribution in [3.63, 3.8) is 0 Å². The number of carboxylic acid groups (broad SMARTS) is 1. The molecule has 1 amide bonds. The Kier molecular flexibility index (Phi) is 5.51. The molecule has 0 fully saturated rings. The van der Waals surface area contributed by atoms with Crippen LogP contribution >= 0.6 is 0 Å². The second kappa shape index (κ2) is 7.77. The van der Waals surface area contributed by atoms with Gasteiger partial charge in [-0.2, -0.15) is 0 Å². The first-order valence-electron chi connectivity index (χ1n) is 6.99. The lowest BCUT2D eigenvalue weighted by atomic mass is 10.2. The summed E-state index contributed by atoms with van der Waals surface area (Å²) in [7, 11) is 0. The van der Waals surface area contributed by atoms with E-state index in [2.05, 4.69) is 5.32 Å². The smallest absolute Gasteiger partial charge is 0.411 e. The summed E-state index contributed by atoms with van der Waals surface area (Å²) in [6.45, 7) is 1.25. The maximum absolute atomic E-state index is 11.8. The lowest BCUT2D eigenvalue weighted by Gasteiger charge is -2.10. The molecule has 0 saturated carbocycles. The van der Waals surface area contributed by atoms with Crippen LogP contribution in [0.15, 0.2) is 48.5 Å². The molecule has 0 aromatic heterocycles. The van der Waals surface area contributed by atoms with Crippen LogP contribution in [0.25, 0.3) is 0 Å². The zero-order chi connectivity index (χ0) is 17.5. The SMILES string of the molecule is CC(=O)Oc1cc(NC(=O)OCc2ccccc2)ccc1C(=O)O. The number of anilines is 1. The average Bonchev–Trinajstić information content (AvgIpc) is 2.53. The number of carbonyl (C=O) groups excluding carboxylic acids is 2. The summed E-state index contributed by atoms with van der Waals surface area (Å²) < 4.78 is 9.90. The zero-order valence-electron chi connectivity index (χ0n) is 12.8. The van der Waals surface area contributed by atoms with Gasteiger partial charge in [0.25, 0.3) is 0 Å². The van der Waals surface area contributed by atoms with E-state index in [1.165, 1.54) is 18.2 Å². The largest absolute Gasteiger partial charge is 0.478 e.